The Morgan fingerprint density at radius 3 is 2.12 bits per heavy atom. The molecule has 1 unspecified atom stereocenters. The summed E-state index contributed by atoms with van der Waals surface area (Å²) in [5.41, 5.74) is 7.15. The first-order valence-corrected chi connectivity index (χ1v) is 13.7. The maximum Gasteiger partial charge on any atom is 0.269 e. The van der Waals surface area contributed by atoms with Crippen LogP contribution < -0.4 is 4.57 Å². The summed E-state index contributed by atoms with van der Waals surface area (Å²) >= 11 is 0. The molecule has 3 aliphatic rings. The van der Waals surface area contributed by atoms with Gasteiger partial charge in [0.25, 0.3) is 5.82 Å². The molecule has 1 aliphatic heterocycles. The number of para-hydroxylation sites is 1. The van der Waals surface area contributed by atoms with Gasteiger partial charge in [-0.05, 0) is 61.8 Å². The van der Waals surface area contributed by atoms with Crippen LogP contribution in [0, 0.1) is 19.8 Å². The number of benzene rings is 2. The van der Waals surface area contributed by atoms with Crippen LogP contribution in [0.3, 0.4) is 0 Å². The fraction of sp³-hybridized carbons (Fsp3) is 0.469. The van der Waals surface area contributed by atoms with Gasteiger partial charge in [0.15, 0.2) is 11.4 Å². The third-order valence-corrected chi connectivity index (χ3v) is 9.10. The molecule has 0 N–H and O–H groups in total. The van der Waals surface area contributed by atoms with Gasteiger partial charge in [-0.15, -0.1) is 0 Å². The maximum atomic E-state index is 2.66. The highest BCUT2D eigenvalue weighted by Gasteiger charge is 2.52. The van der Waals surface area contributed by atoms with Gasteiger partial charge in [-0.2, -0.15) is 4.57 Å². The molecule has 3 aromatic rings. The summed E-state index contributed by atoms with van der Waals surface area (Å²) in [6.07, 6.45) is 18.5. The van der Waals surface area contributed by atoms with Crippen LogP contribution >= 0.6 is 0 Å². The molecule has 2 heteroatoms. The number of fused-ring (bicyclic) bond motifs is 1. The molecule has 6 rings (SSSR count). The lowest BCUT2D eigenvalue weighted by Crippen LogP contribution is -2.42. The van der Waals surface area contributed by atoms with Gasteiger partial charge in [0.2, 0.25) is 0 Å². The van der Waals surface area contributed by atoms with Crippen LogP contribution in [0.25, 0.3) is 11.9 Å². The van der Waals surface area contributed by atoms with Gasteiger partial charge in [0.1, 0.15) is 5.69 Å². The Balaban J connectivity index is 1.63. The topological polar surface area (TPSA) is 8.81 Å². The molecule has 0 radical (unpaired) electrons. The predicted octanol–water partition coefficient (Wildman–Crippen LogP) is 7.78. The van der Waals surface area contributed by atoms with Crippen molar-refractivity contribution in [3.63, 3.8) is 0 Å². The van der Waals surface area contributed by atoms with Gasteiger partial charge in [-0.3, -0.25) is 0 Å². The largest absolute Gasteiger partial charge is 0.269 e. The SMILES string of the molecule is Cc1ccccc1-n1c(C)c2[n+](c1C1CCCCC1)C=CC2(c1ccccc1)C1CCCCC1. The zero-order valence-electron chi connectivity index (χ0n) is 21.0. The van der Waals surface area contributed by atoms with Crippen molar-refractivity contribution in [1.29, 1.82) is 0 Å². The van der Waals surface area contributed by atoms with Crippen LogP contribution in [0.4, 0.5) is 0 Å². The van der Waals surface area contributed by atoms with Crippen molar-refractivity contribution in [1.82, 2.24) is 4.57 Å². The number of allylic oxidation sites excluding steroid dienone is 1. The lowest BCUT2D eigenvalue weighted by Gasteiger charge is -2.37. The third-order valence-electron chi connectivity index (χ3n) is 9.10. The summed E-state index contributed by atoms with van der Waals surface area (Å²) in [6.45, 7) is 4.68. The number of hydrogen-bond acceptors (Lipinski definition) is 0. The first-order valence-electron chi connectivity index (χ1n) is 13.7. The smallest absolute Gasteiger partial charge is 0.202 e. The molecule has 2 aromatic carbocycles. The summed E-state index contributed by atoms with van der Waals surface area (Å²) < 4.78 is 5.31. The Labute approximate surface area is 205 Å². The minimum Gasteiger partial charge on any atom is -0.202 e. The van der Waals surface area contributed by atoms with Crippen molar-refractivity contribution >= 4 is 6.20 Å². The number of aryl methyl sites for hydroxylation is 1. The molecular weight excluding hydrogens is 412 g/mol. The standard InChI is InChI=1S/C32H39N2/c1-24-14-12-13-21-29(24)34-25(2)30-32(27-17-8-4-9-18-27,28-19-10-5-11-20-28)22-23-33(30)31(34)26-15-6-3-7-16-26/h4,8-9,12-14,17-18,21-23,26,28H,3,5-7,10-11,15-16,19-20H2,1-2H3/q+1. The fourth-order valence-electron chi connectivity index (χ4n) is 7.52. The third kappa shape index (κ3) is 3.33. The molecule has 0 bridgehead atoms. The lowest BCUT2D eigenvalue weighted by molar-refractivity contribution is -0.585. The Morgan fingerprint density at radius 1 is 0.765 bits per heavy atom. The van der Waals surface area contributed by atoms with Crippen molar-refractivity contribution in [3.8, 4) is 5.69 Å². The van der Waals surface area contributed by atoms with Crippen molar-refractivity contribution in [2.24, 2.45) is 5.92 Å². The highest BCUT2D eigenvalue weighted by Crippen LogP contribution is 2.50. The Morgan fingerprint density at radius 2 is 1.41 bits per heavy atom. The molecular formula is C32H39N2+. The Hall–Kier alpha value is -2.61. The molecule has 0 saturated heterocycles. The zero-order valence-corrected chi connectivity index (χ0v) is 21.0. The van der Waals surface area contributed by atoms with E-state index in [4.69, 9.17) is 0 Å². The van der Waals surface area contributed by atoms with Gasteiger partial charge < -0.3 is 0 Å². The monoisotopic (exact) mass is 451 g/mol. The lowest BCUT2D eigenvalue weighted by atomic mass is 9.63. The van der Waals surface area contributed by atoms with Crippen molar-refractivity contribution in [2.45, 2.75) is 89.4 Å². The zero-order chi connectivity index (χ0) is 23.1. The van der Waals surface area contributed by atoms with E-state index in [0.717, 1.165) is 0 Å². The second kappa shape index (κ2) is 8.87. The molecule has 2 saturated carbocycles. The van der Waals surface area contributed by atoms with Crippen LogP contribution in [0.5, 0.6) is 0 Å². The van der Waals surface area contributed by atoms with Crippen molar-refractivity contribution in [2.75, 3.05) is 0 Å². The number of hydrogen-bond donors (Lipinski definition) is 0. The predicted molar refractivity (Wildman–Crippen MR) is 140 cm³/mol. The van der Waals surface area contributed by atoms with Crippen LogP contribution in [0.1, 0.15) is 98.5 Å². The molecule has 2 heterocycles. The molecule has 1 aromatic heterocycles. The second-order valence-corrected chi connectivity index (χ2v) is 11.0. The molecule has 2 aliphatic carbocycles. The van der Waals surface area contributed by atoms with Gasteiger partial charge in [-0.1, -0.05) is 87.1 Å². The van der Waals surface area contributed by atoms with Crippen LogP contribution in [0.2, 0.25) is 0 Å². The molecule has 1 atom stereocenters. The van der Waals surface area contributed by atoms with E-state index in [0.29, 0.717) is 11.8 Å². The van der Waals surface area contributed by atoms with E-state index in [1.807, 2.05) is 0 Å². The number of nitrogens with zero attached hydrogens (tertiary/aromatic N) is 2. The highest BCUT2D eigenvalue weighted by molar-refractivity contribution is 5.53. The summed E-state index contributed by atoms with van der Waals surface area (Å²) in [4.78, 5) is 0. The minimum absolute atomic E-state index is 0.0247. The molecule has 34 heavy (non-hydrogen) atoms. The van der Waals surface area contributed by atoms with E-state index < -0.39 is 0 Å². The van der Waals surface area contributed by atoms with Gasteiger partial charge >= 0.3 is 0 Å². The van der Waals surface area contributed by atoms with Crippen LogP contribution in [-0.4, -0.2) is 4.57 Å². The molecule has 0 amide bonds. The quantitative estimate of drug-likeness (QED) is 0.358. The van der Waals surface area contributed by atoms with Crippen molar-refractivity contribution < 1.29 is 4.57 Å². The average Bonchev–Trinajstić information content (AvgIpc) is 3.43. The van der Waals surface area contributed by atoms with Gasteiger partial charge in [0, 0.05) is 6.92 Å². The molecule has 2 nitrogen and oxygen atoms in total. The first kappa shape index (κ1) is 21.9. The summed E-state index contributed by atoms with van der Waals surface area (Å²) in [7, 11) is 0. The number of imidazole rings is 1. The number of rotatable bonds is 4. The van der Waals surface area contributed by atoms with Crippen LogP contribution in [-0.2, 0) is 5.41 Å². The second-order valence-electron chi connectivity index (χ2n) is 11.0. The normalized spacial score (nSPS) is 23.4. The van der Waals surface area contributed by atoms with Crippen LogP contribution in [0.15, 0.2) is 60.7 Å². The molecule has 2 fully saturated rings. The Bertz CT molecular complexity index is 1190. The van der Waals surface area contributed by atoms with E-state index in [-0.39, 0.29) is 5.41 Å². The van der Waals surface area contributed by atoms with E-state index >= 15 is 0 Å². The van der Waals surface area contributed by atoms with Gasteiger partial charge in [0.05, 0.1) is 17.5 Å². The summed E-state index contributed by atoms with van der Waals surface area (Å²) in [5, 5.41) is 0. The Kier molecular flexibility index (Phi) is 5.71. The summed E-state index contributed by atoms with van der Waals surface area (Å²) in [6, 6.07) is 20.4. The fourth-order valence-corrected chi connectivity index (χ4v) is 7.52. The van der Waals surface area contributed by atoms with Gasteiger partial charge in [-0.25, -0.2) is 4.57 Å². The molecule has 0 spiro atoms. The molecule has 176 valence electrons. The van der Waals surface area contributed by atoms with E-state index in [1.54, 1.807) is 0 Å². The highest BCUT2D eigenvalue weighted by atomic mass is 15.2. The minimum atomic E-state index is -0.0247. The number of aromatic nitrogens is 2. The average molecular weight is 452 g/mol. The summed E-state index contributed by atoms with van der Waals surface area (Å²) in [5.74, 6) is 2.81. The van der Waals surface area contributed by atoms with Crippen molar-refractivity contribution in [3.05, 3.63) is 89.0 Å². The van der Waals surface area contributed by atoms with E-state index in [1.165, 1.54) is 98.2 Å². The maximum absolute atomic E-state index is 2.66. The first-order chi connectivity index (χ1) is 16.7. The van der Waals surface area contributed by atoms with E-state index in [2.05, 4.69) is 89.9 Å². The van der Waals surface area contributed by atoms with E-state index in [9.17, 15) is 0 Å².